The number of carbonyl (C=O) groups is 1. The summed E-state index contributed by atoms with van der Waals surface area (Å²) in [6.45, 7) is 2.58. The van der Waals surface area contributed by atoms with Crippen molar-refractivity contribution in [2.75, 3.05) is 6.54 Å². The normalized spacial score (nSPS) is 14.4. The molecule has 1 aromatic rings. The molecule has 0 amide bonds. The van der Waals surface area contributed by atoms with E-state index in [0.29, 0.717) is 6.54 Å². The standard InChI is InChI=1S/C13H18ClNO/c1-2-6-11(9-15)12(13(14)16)10-7-4-3-5-8-10/h3-5,7-8,11-12H,2,6,9,15H2,1H3. The zero-order valence-corrected chi connectivity index (χ0v) is 10.3. The Morgan fingerprint density at radius 2 is 2.00 bits per heavy atom. The van der Waals surface area contributed by atoms with Crippen molar-refractivity contribution < 1.29 is 4.79 Å². The lowest BCUT2D eigenvalue weighted by Gasteiger charge is -2.22. The molecule has 0 heterocycles. The molecular weight excluding hydrogens is 222 g/mol. The molecule has 16 heavy (non-hydrogen) atoms. The van der Waals surface area contributed by atoms with Crippen LogP contribution in [0.4, 0.5) is 0 Å². The Morgan fingerprint density at radius 3 is 2.44 bits per heavy atom. The molecule has 0 aromatic heterocycles. The molecule has 0 aliphatic rings. The fraction of sp³-hybridized carbons (Fsp3) is 0.462. The maximum Gasteiger partial charge on any atom is 0.229 e. The van der Waals surface area contributed by atoms with Gasteiger partial charge in [0.15, 0.2) is 0 Å². The lowest BCUT2D eigenvalue weighted by Crippen LogP contribution is -2.25. The predicted molar refractivity (Wildman–Crippen MR) is 67.5 cm³/mol. The Labute approximate surface area is 102 Å². The van der Waals surface area contributed by atoms with Crippen LogP contribution in [0.5, 0.6) is 0 Å². The van der Waals surface area contributed by atoms with Crippen LogP contribution >= 0.6 is 11.6 Å². The molecule has 2 unspecified atom stereocenters. The minimum Gasteiger partial charge on any atom is -0.330 e. The van der Waals surface area contributed by atoms with E-state index in [9.17, 15) is 4.79 Å². The average molecular weight is 240 g/mol. The minimum absolute atomic E-state index is 0.136. The van der Waals surface area contributed by atoms with Gasteiger partial charge in [0.05, 0.1) is 5.92 Å². The van der Waals surface area contributed by atoms with Gasteiger partial charge in [-0.05, 0) is 36.0 Å². The number of carbonyl (C=O) groups excluding carboxylic acids is 1. The molecule has 0 saturated heterocycles. The zero-order chi connectivity index (χ0) is 12.0. The van der Waals surface area contributed by atoms with E-state index >= 15 is 0 Å². The molecule has 0 bridgehead atoms. The molecule has 1 rings (SSSR count). The molecule has 0 saturated carbocycles. The molecule has 2 N–H and O–H groups in total. The lowest BCUT2D eigenvalue weighted by molar-refractivity contribution is -0.114. The Morgan fingerprint density at radius 1 is 1.38 bits per heavy atom. The highest BCUT2D eigenvalue weighted by molar-refractivity contribution is 6.64. The maximum atomic E-state index is 11.5. The number of halogens is 1. The van der Waals surface area contributed by atoms with Crippen LogP contribution in [0, 0.1) is 5.92 Å². The SMILES string of the molecule is CCCC(CN)C(C(=O)Cl)c1ccccc1. The van der Waals surface area contributed by atoms with E-state index in [1.54, 1.807) is 0 Å². The third kappa shape index (κ3) is 3.32. The Balaban J connectivity index is 2.94. The second-order valence-corrected chi connectivity index (χ2v) is 4.35. The number of benzene rings is 1. The van der Waals surface area contributed by atoms with Crippen molar-refractivity contribution in [3.8, 4) is 0 Å². The third-order valence-corrected chi connectivity index (χ3v) is 3.07. The fourth-order valence-electron chi connectivity index (χ4n) is 2.04. The Bertz CT molecular complexity index is 326. The van der Waals surface area contributed by atoms with Gasteiger partial charge < -0.3 is 5.73 Å². The highest BCUT2D eigenvalue weighted by atomic mass is 35.5. The molecule has 88 valence electrons. The van der Waals surface area contributed by atoms with Crippen LogP contribution in [0.1, 0.15) is 31.2 Å². The van der Waals surface area contributed by atoms with E-state index in [4.69, 9.17) is 17.3 Å². The summed E-state index contributed by atoms with van der Waals surface area (Å²) in [6, 6.07) is 9.63. The van der Waals surface area contributed by atoms with Gasteiger partial charge in [-0.25, -0.2) is 0 Å². The minimum atomic E-state index is -0.310. The van der Waals surface area contributed by atoms with Crippen LogP contribution in [0.3, 0.4) is 0 Å². The van der Waals surface area contributed by atoms with Crippen molar-refractivity contribution in [1.82, 2.24) is 0 Å². The lowest BCUT2D eigenvalue weighted by atomic mass is 9.84. The van der Waals surface area contributed by atoms with Crippen molar-refractivity contribution in [3.05, 3.63) is 35.9 Å². The molecule has 0 aliphatic carbocycles. The summed E-state index contributed by atoms with van der Waals surface area (Å²) < 4.78 is 0. The first-order valence-corrected chi connectivity index (χ1v) is 6.02. The maximum absolute atomic E-state index is 11.5. The van der Waals surface area contributed by atoms with Crippen molar-refractivity contribution in [2.24, 2.45) is 11.7 Å². The quantitative estimate of drug-likeness (QED) is 0.776. The van der Waals surface area contributed by atoms with E-state index in [2.05, 4.69) is 6.92 Å². The van der Waals surface area contributed by atoms with Gasteiger partial charge in [0.1, 0.15) is 0 Å². The third-order valence-electron chi connectivity index (χ3n) is 2.84. The van der Waals surface area contributed by atoms with Gasteiger partial charge in [0.2, 0.25) is 5.24 Å². The molecule has 2 nitrogen and oxygen atoms in total. The summed E-state index contributed by atoms with van der Waals surface area (Å²) in [4.78, 5) is 11.5. The largest absolute Gasteiger partial charge is 0.330 e. The summed E-state index contributed by atoms with van der Waals surface area (Å²) in [5, 5.41) is -0.310. The van der Waals surface area contributed by atoms with Crippen molar-refractivity contribution >= 4 is 16.8 Å². The van der Waals surface area contributed by atoms with Crippen LogP contribution in [-0.2, 0) is 4.79 Å². The molecule has 0 radical (unpaired) electrons. The first-order chi connectivity index (χ1) is 7.70. The van der Waals surface area contributed by atoms with Gasteiger partial charge in [0, 0.05) is 0 Å². The number of hydrogen-bond acceptors (Lipinski definition) is 2. The first kappa shape index (κ1) is 13.2. The predicted octanol–water partition coefficient (Wildman–Crippen LogP) is 2.91. The molecular formula is C13H18ClNO. The Kier molecular flexibility index (Phi) is 5.50. The molecule has 3 heteroatoms. The monoisotopic (exact) mass is 239 g/mol. The summed E-state index contributed by atoms with van der Waals surface area (Å²) in [6.07, 6.45) is 1.93. The summed E-state index contributed by atoms with van der Waals surface area (Å²) in [5.41, 5.74) is 6.69. The smallest absolute Gasteiger partial charge is 0.229 e. The van der Waals surface area contributed by atoms with Crippen LogP contribution in [0.2, 0.25) is 0 Å². The summed E-state index contributed by atoms with van der Waals surface area (Å²) >= 11 is 5.69. The van der Waals surface area contributed by atoms with Crippen molar-refractivity contribution in [2.45, 2.75) is 25.7 Å². The number of nitrogens with two attached hydrogens (primary N) is 1. The van der Waals surface area contributed by atoms with Gasteiger partial charge in [-0.2, -0.15) is 0 Å². The highest BCUT2D eigenvalue weighted by Crippen LogP contribution is 2.29. The molecule has 0 spiro atoms. The fourth-order valence-corrected chi connectivity index (χ4v) is 2.34. The Hall–Kier alpha value is -0.860. The van der Waals surface area contributed by atoms with Gasteiger partial charge in [-0.3, -0.25) is 4.79 Å². The van der Waals surface area contributed by atoms with Crippen molar-refractivity contribution in [3.63, 3.8) is 0 Å². The number of rotatable bonds is 6. The second kappa shape index (κ2) is 6.66. The van der Waals surface area contributed by atoms with E-state index in [1.165, 1.54) is 0 Å². The van der Waals surface area contributed by atoms with Crippen LogP contribution in [-0.4, -0.2) is 11.8 Å². The molecule has 1 aromatic carbocycles. The molecule has 2 atom stereocenters. The van der Waals surface area contributed by atoms with Gasteiger partial charge in [-0.1, -0.05) is 43.7 Å². The van der Waals surface area contributed by atoms with E-state index in [-0.39, 0.29) is 17.1 Å². The van der Waals surface area contributed by atoms with Gasteiger partial charge in [-0.15, -0.1) is 0 Å². The second-order valence-electron chi connectivity index (χ2n) is 3.98. The van der Waals surface area contributed by atoms with E-state index in [0.717, 1.165) is 18.4 Å². The zero-order valence-electron chi connectivity index (χ0n) is 9.53. The topological polar surface area (TPSA) is 43.1 Å². The van der Waals surface area contributed by atoms with E-state index < -0.39 is 0 Å². The molecule has 0 aliphatic heterocycles. The van der Waals surface area contributed by atoms with Gasteiger partial charge in [0.25, 0.3) is 0 Å². The first-order valence-electron chi connectivity index (χ1n) is 5.65. The summed E-state index contributed by atoms with van der Waals surface area (Å²) in [5.74, 6) is -0.134. The van der Waals surface area contributed by atoms with Crippen molar-refractivity contribution in [1.29, 1.82) is 0 Å². The van der Waals surface area contributed by atoms with Crippen LogP contribution in [0.15, 0.2) is 30.3 Å². The molecule has 0 fully saturated rings. The van der Waals surface area contributed by atoms with Crippen LogP contribution in [0.25, 0.3) is 0 Å². The van der Waals surface area contributed by atoms with Gasteiger partial charge >= 0.3 is 0 Å². The highest BCUT2D eigenvalue weighted by Gasteiger charge is 2.26. The summed E-state index contributed by atoms with van der Waals surface area (Å²) in [7, 11) is 0. The average Bonchev–Trinajstić information content (AvgIpc) is 2.29. The van der Waals surface area contributed by atoms with Crippen LogP contribution < -0.4 is 5.73 Å². The number of hydrogen-bond donors (Lipinski definition) is 1. The van der Waals surface area contributed by atoms with E-state index in [1.807, 2.05) is 30.3 Å².